The summed E-state index contributed by atoms with van der Waals surface area (Å²) in [6.45, 7) is 2.19. The zero-order chi connectivity index (χ0) is 19.1. The third-order valence-electron chi connectivity index (χ3n) is 5.05. The summed E-state index contributed by atoms with van der Waals surface area (Å²) in [5, 5.41) is 1.92. The van der Waals surface area contributed by atoms with Crippen LogP contribution in [-0.2, 0) is 16.1 Å². The average molecular weight is 387 g/mol. The van der Waals surface area contributed by atoms with Gasteiger partial charge in [0.1, 0.15) is 11.9 Å². The van der Waals surface area contributed by atoms with Crippen molar-refractivity contribution in [2.45, 2.75) is 32.0 Å². The first-order valence-electron chi connectivity index (χ1n) is 8.67. The number of carbonyl (C=O) groups excluding carboxylic acids is 3. The van der Waals surface area contributed by atoms with Gasteiger partial charge in [0.15, 0.2) is 0 Å². The average Bonchev–Trinajstić information content (AvgIpc) is 3.28. The van der Waals surface area contributed by atoms with Crippen LogP contribution in [0.15, 0.2) is 41.8 Å². The Kier molecular flexibility index (Phi) is 4.43. The predicted molar refractivity (Wildman–Crippen MR) is 98.7 cm³/mol. The number of carbonyl (C=O) groups is 3. The van der Waals surface area contributed by atoms with Gasteiger partial charge in [0, 0.05) is 18.3 Å². The number of urea groups is 1. The highest BCUT2D eigenvalue weighted by atomic mass is 32.1. The SMILES string of the molecule is CC(=O)N1CC[C@H]2[C@H]1C(=O)N(c1cccc(F)c1)C(=O)N2Cc1cccs1. The first-order valence-corrected chi connectivity index (χ1v) is 9.55. The number of fused-ring (bicyclic) bond motifs is 1. The Balaban J connectivity index is 1.76. The zero-order valence-electron chi connectivity index (χ0n) is 14.7. The van der Waals surface area contributed by atoms with Crippen LogP contribution >= 0.6 is 11.3 Å². The van der Waals surface area contributed by atoms with Crippen molar-refractivity contribution in [2.75, 3.05) is 11.4 Å². The van der Waals surface area contributed by atoms with Crippen LogP contribution in [-0.4, -0.2) is 46.3 Å². The molecular weight excluding hydrogens is 369 g/mol. The summed E-state index contributed by atoms with van der Waals surface area (Å²) in [5.74, 6) is -1.22. The van der Waals surface area contributed by atoms with Crippen molar-refractivity contribution in [1.82, 2.24) is 9.80 Å². The molecule has 8 heteroatoms. The molecule has 0 radical (unpaired) electrons. The Morgan fingerprint density at radius 2 is 2.07 bits per heavy atom. The summed E-state index contributed by atoms with van der Waals surface area (Å²) in [5.41, 5.74) is 0.176. The van der Waals surface area contributed by atoms with Gasteiger partial charge in [0.25, 0.3) is 5.91 Å². The second-order valence-corrected chi connectivity index (χ2v) is 7.69. The van der Waals surface area contributed by atoms with Crippen molar-refractivity contribution in [1.29, 1.82) is 0 Å². The fraction of sp³-hybridized carbons (Fsp3) is 0.316. The van der Waals surface area contributed by atoms with Gasteiger partial charge < -0.3 is 9.80 Å². The molecule has 1 aromatic heterocycles. The highest BCUT2D eigenvalue weighted by molar-refractivity contribution is 7.09. The van der Waals surface area contributed by atoms with Gasteiger partial charge >= 0.3 is 6.03 Å². The monoisotopic (exact) mass is 387 g/mol. The summed E-state index contributed by atoms with van der Waals surface area (Å²) in [7, 11) is 0. The standard InChI is InChI=1S/C19H18FN3O3S/c1-12(24)21-8-7-16-17(21)18(25)23(14-5-2-4-13(20)10-14)19(26)22(16)11-15-6-3-9-27-15/h2-6,9-10,16-17H,7-8,11H2,1H3/t16-,17-/m0/s1. The molecular formula is C19H18FN3O3S. The number of thiophene rings is 1. The molecule has 3 heterocycles. The van der Waals surface area contributed by atoms with E-state index in [4.69, 9.17) is 0 Å². The van der Waals surface area contributed by atoms with Crippen molar-refractivity contribution in [2.24, 2.45) is 0 Å². The number of halogens is 1. The molecule has 1 aromatic carbocycles. The van der Waals surface area contributed by atoms with E-state index in [2.05, 4.69) is 0 Å². The van der Waals surface area contributed by atoms with Crippen molar-refractivity contribution >= 4 is 34.9 Å². The molecule has 140 valence electrons. The summed E-state index contributed by atoms with van der Waals surface area (Å²) >= 11 is 1.52. The third-order valence-corrected chi connectivity index (χ3v) is 5.92. The maximum atomic E-state index is 13.7. The smallest absolute Gasteiger partial charge is 0.329 e. The van der Waals surface area contributed by atoms with Crippen molar-refractivity contribution < 1.29 is 18.8 Å². The minimum absolute atomic E-state index is 0.176. The second kappa shape index (κ2) is 6.77. The highest BCUT2D eigenvalue weighted by Gasteiger charge is 2.53. The molecule has 2 aliphatic heterocycles. The lowest BCUT2D eigenvalue weighted by Gasteiger charge is -2.43. The van der Waals surface area contributed by atoms with Crippen molar-refractivity contribution in [3.05, 3.63) is 52.5 Å². The predicted octanol–water partition coefficient (Wildman–Crippen LogP) is 2.85. The van der Waals surface area contributed by atoms with E-state index in [1.807, 2.05) is 17.5 Å². The van der Waals surface area contributed by atoms with Gasteiger partial charge in [-0.1, -0.05) is 12.1 Å². The number of amides is 4. The van der Waals surface area contributed by atoms with Gasteiger partial charge in [-0.05, 0) is 36.1 Å². The Bertz CT molecular complexity index is 901. The van der Waals surface area contributed by atoms with Crippen LogP contribution in [0, 0.1) is 5.82 Å². The molecule has 2 aliphatic rings. The largest absolute Gasteiger partial charge is 0.332 e. The van der Waals surface area contributed by atoms with Crippen molar-refractivity contribution in [3.63, 3.8) is 0 Å². The minimum Gasteiger partial charge on any atom is -0.329 e. The quantitative estimate of drug-likeness (QED) is 0.814. The molecule has 0 saturated carbocycles. The summed E-state index contributed by atoms with van der Waals surface area (Å²) in [6, 6.07) is 7.62. The van der Waals surface area contributed by atoms with Crippen LogP contribution in [0.4, 0.5) is 14.9 Å². The first kappa shape index (κ1) is 17.7. The van der Waals surface area contributed by atoms with Crippen LogP contribution in [0.1, 0.15) is 18.2 Å². The highest BCUT2D eigenvalue weighted by Crippen LogP contribution is 2.34. The molecule has 4 rings (SSSR count). The van der Waals surface area contributed by atoms with E-state index in [-0.39, 0.29) is 17.6 Å². The number of rotatable bonds is 3. The van der Waals surface area contributed by atoms with E-state index in [9.17, 15) is 18.8 Å². The van der Waals surface area contributed by atoms with E-state index in [1.165, 1.54) is 41.4 Å². The van der Waals surface area contributed by atoms with Crippen LogP contribution in [0.5, 0.6) is 0 Å². The van der Waals surface area contributed by atoms with E-state index < -0.39 is 23.8 Å². The third kappa shape index (κ3) is 2.99. The maximum absolute atomic E-state index is 13.7. The molecule has 0 aliphatic carbocycles. The maximum Gasteiger partial charge on any atom is 0.332 e. The number of hydrogen-bond donors (Lipinski definition) is 0. The Morgan fingerprint density at radius 1 is 1.26 bits per heavy atom. The van der Waals surface area contributed by atoms with Gasteiger partial charge in [-0.25, -0.2) is 14.1 Å². The molecule has 6 nitrogen and oxygen atoms in total. The molecule has 2 atom stereocenters. The molecule has 0 unspecified atom stereocenters. The normalized spacial score (nSPS) is 22.4. The Hall–Kier alpha value is -2.74. The van der Waals surface area contributed by atoms with E-state index in [1.54, 1.807) is 4.90 Å². The molecule has 4 amide bonds. The van der Waals surface area contributed by atoms with E-state index >= 15 is 0 Å². The fourth-order valence-electron chi connectivity index (χ4n) is 3.86. The van der Waals surface area contributed by atoms with Gasteiger partial charge in [-0.2, -0.15) is 0 Å². The molecule has 2 aromatic rings. The number of imide groups is 1. The van der Waals surface area contributed by atoms with Crippen LogP contribution in [0.3, 0.4) is 0 Å². The van der Waals surface area contributed by atoms with Gasteiger partial charge in [0.05, 0.1) is 18.3 Å². The van der Waals surface area contributed by atoms with Crippen LogP contribution < -0.4 is 4.90 Å². The molecule has 0 N–H and O–H groups in total. The fourth-order valence-corrected chi connectivity index (χ4v) is 4.56. The molecule has 2 fully saturated rings. The lowest BCUT2D eigenvalue weighted by Crippen LogP contribution is -2.65. The lowest BCUT2D eigenvalue weighted by atomic mass is 10.0. The number of anilines is 1. The number of nitrogens with zero attached hydrogens (tertiary/aromatic N) is 3. The van der Waals surface area contributed by atoms with Gasteiger partial charge in [-0.15, -0.1) is 11.3 Å². The number of benzene rings is 1. The van der Waals surface area contributed by atoms with Gasteiger partial charge in [-0.3, -0.25) is 9.59 Å². The summed E-state index contributed by atoms with van der Waals surface area (Å²) in [6.07, 6.45) is 0.546. The summed E-state index contributed by atoms with van der Waals surface area (Å²) < 4.78 is 13.7. The van der Waals surface area contributed by atoms with Crippen molar-refractivity contribution in [3.8, 4) is 0 Å². The molecule has 0 spiro atoms. The lowest BCUT2D eigenvalue weighted by molar-refractivity contribution is -0.137. The minimum atomic E-state index is -0.747. The van der Waals surface area contributed by atoms with E-state index in [0.717, 1.165) is 15.8 Å². The zero-order valence-corrected chi connectivity index (χ0v) is 15.5. The first-order chi connectivity index (χ1) is 13.0. The van der Waals surface area contributed by atoms with Crippen LogP contribution in [0.25, 0.3) is 0 Å². The topological polar surface area (TPSA) is 60.9 Å². The molecule has 0 bridgehead atoms. The Morgan fingerprint density at radius 3 is 2.74 bits per heavy atom. The van der Waals surface area contributed by atoms with Crippen LogP contribution in [0.2, 0.25) is 0 Å². The summed E-state index contributed by atoms with van der Waals surface area (Å²) in [4.78, 5) is 43.5. The second-order valence-electron chi connectivity index (χ2n) is 6.66. The molecule has 27 heavy (non-hydrogen) atoms. The number of likely N-dealkylation sites (tertiary alicyclic amines) is 1. The van der Waals surface area contributed by atoms with Gasteiger partial charge in [0.2, 0.25) is 5.91 Å². The Labute approximate surface area is 159 Å². The number of hydrogen-bond acceptors (Lipinski definition) is 4. The van der Waals surface area contributed by atoms with E-state index in [0.29, 0.717) is 19.5 Å². The molecule has 2 saturated heterocycles.